The van der Waals surface area contributed by atoms with Crippen LogP contribution in [0.4, 0.5) is 17.6 Å². The van der Waals surface area contributed by atoms with Crippen molar-refractivity contribution in [3.05, 3.63) is 89.5 Å². The third-order valence-electron chi connectivity index (χ3n) is 4.29. The number of benzene rings is 2. The van der Waals surface area contributed by atoms with Gasteiger partial charge >= 0.3 is 6.18 Å². The van der Waals surface area contributed by atoms with Gasteiger partial charge in [0.1, 0.15) is 19.5 Å². The molecule has 8 heteroatoms. The molecule has 0 aliphatic heterocycles. The molecule has 0 saturated heterocycles. The lowest BCUT2D eigenvalue weighted by atomic mass is 10.0. The number of pyridine rings is 1. The van der Waals surface area contributed by atoms with Crippen LogP contribution in [0.2, 0.25) is 0 Å². The quantitative estimate of drug-likeness (QED) is 0.519. The molecule has 0 radical (unpaired) electrons. The fraction of sp³-hybridized carbons (Fsp3) is 0.143. The molecule has 1 amide bonds. The highest BCUT2D eigenvalue weighted by atomic mass is 19.4. The number of nitrogens with one attached hydrogen (secondary N) is 1. The number of rotatable bonds is 5. The Morgan fingerprint density at radius 1 is 1.03 bits per heavy atom. The van der Waals surface area contributed by atoms with Crippen molar-refractivity contribution in [2.75, 3.05) is 7.11 Å². The predicted molar refractivity (Wildman–Crippen MR) is 97.1 cm³/mol. The lowest BCUT2D eigenvalue weighted by Crippen LogP contribution is -2.45. The van der Waals surface area contributed by atoms with E-state index in [4.69, 9.17) is 4.84 Å². The van der Waals surface area contributed by atoms with Crippen LogP contribution in [-0.4, -0.2) is 13.0 Å². The van der Waals surface area contributed by atoms with Crippen LogP contribution in [0, 0.1) is 5.82 Å². The Morgan fingerprint density at radius 3 is 2.38 bits per heavy atom. The second-order valence-electron chi connectivity index (χ2n) is 6.15. The second kappa shape index (κ2) is 8.30. The van der Waals surface area contributed by atoms with E-state index < -0.39 is 23.5 Å². The second-order valence-corrected chi connectivity index (χ2v) is 6.15. The van der Waals surface area contributed by atoms with Gasteiger partial charge in [0.05, 0.1) is 11.1 Å². The molecule has 1 N–H and O–H groups in total. The highest BCUT2D eigenvalue weighted by Gasteiger charge is 2.30. The molecule has 0 saturated carbocycles. The summed E-state index contributed by atoms with van der Waals surface area (Å²) in [7, 11) is 1.47. The zero-order valence-corrected chi connectivity index (χ0v) is 15.3. The Kier molecular flexibility index (Phi) is 5.81. The number of amides is 1. The third-order valence-corrected chi connectivity index (χ3v) is 4.29. The largest absolute Gasteiger partial charge is 0.416 e. The number of carbonyl (C=O) groups is 1. The molecule has 0 unspecified atom stereocenters. The summed E-state index contributed by atoms with van der Waals surface area (Å²) in [4.78, 5) is 17.6. The molecule has 4 nitrogen and oxygen atoms in total. The van der Waals surface area contributed by atoms with Gasteiger partial charge in [-0.05, 0) is 41.5 Å². The first-order valence-electron chi connectivity index (χ1n) is 8.59. The Hall–Kier alpha value is -3.42. The maximum absolute atomic E-state index is 14.2. The third kappa shape index (κ3) is 4.71. The first kappa shape index (κ1) is 20.3. The number of halogens is 4. The maximum atomic E-state index is 14.2. The molecule has 0 aliphatic carbocycles. The average molecular weight is 405 g/mol. The topological polar surface area (TPSA) is 42.2 Å². The zero-order chi connectivity index (χ0) is 21.0. The monoisotopic (exact) mass is 405 g/mol. The normalized spacial score (nSPS) is 11.2. The minimum Gasteiger partial charge on any atom is -0.342 e. The van der Waals surface area contributed by atoms with Gasteiger partial charge in [0.15, 0.2) is 0 Å². The van der Waals surface area contributed by atoms with E-state index in [2.05, 4.69) is 5.32 Å². The number of aromatic nitrogens is 1. The number of nitrogens with zero attached hydrogens (tertiary/aromatic N) is 1. The molecule has 0 atom stereocenters. The van der Waals surface area contributed by atoms with Crippen molar-refractivity contribution in [1.29, 1.82) is 0 Å². The van der Waals surface area contributed by atoms with E-state index in [1.54, 1.807) is 24.4 Å². The number of alkyl halides is 3. The summed E-state index contributed by atoms with van der Waals surface area (Å²) in [5.41, 5.74) is 0.518. The van der Waals surface area contributed by atoms with Crippen LogP contribution >= 0.6 is 0 Å². The summed E-state index contributed by atoms with van der Waals surface area (Å²) in [5, 5.41) is 2.61. The fourth-order valence-corrected chi connectivity index (χ4v) is 2.78. The zero-order valence-electron chi connectivity index (χ0n) is 15.3. The van der Waals surface area contributed by atoms with E-state index in [0.29, 0.717) is 16.8 Å². The van der Waals surface area contributed by atoms with Crippen LogP contribution in [0.3, 0.4) is 0 Å². The first-order valence-corrected chi connectivity index (χ1v) is 8.59. The van der Waals surface area contributed by atoms with Gasteiger partial charge in [-0.15, -0.1) is 0 Å². The average Bonchev–Trinajstić information content (AvgIpc) is 2.72. The van der Waals surface area contributed by atoms with Crippen molar-refractivity contribution in [1.82, 2.24) is 5.32 Å². The van der Waals surface area contributed by atoms with Crippen molar-refractivity contribution < 1.29 is 31.9 Å². The van der Waals surface area contributed by atoms with Gasteiger partial charge in [0, 0.05) is 16.9 Å². The van der Waals surface area contributed by atoms with Crippen molar-refractivity contribution in [2.45, 2.75) is 12.7 Å². The molecule has 1 heterocycles. The van der Waals surface area contributed by atoms with Crippen molar-refractivity contribution in [3.63, 3.8) is 0 Å². The highest BCUT2D eigenvalue weighted by molar-refractivity contribution is 5.95. The molecule has 150 valence electrons. The smallest absolute Gasteiger partial charge is 0.342 e. The van der Waals surface area contributed by atoms with Gasteiger partial charge in [0.25, 0.3) is 11.6 Å². The lowest BCUT2D eigenvalue weighted by molar-refractivity contribution is -0.890. The fourth-order valence-electron chi connectivity index (χ4n) is 2.78. The number of hydrogen-bond acceptors (Lipinski definition) is 2. The minimum atomic E-state index is -4.44. The van der Waals surface area contributed by atoms with Crippen molar-refractivity contribution in [2.24, 2.45) is 0 Å². The molecule has 0 bridgehead atoms. The van der Waals surface area contributed by atoms with E-state index in [0.717, 1.165) is 18.2 Å². The van der Waals surface area contributed by atoms with Crippen LogP contribution in [0.5, 0.6) is 0 Å². The van der Waals surface area contributed by atoms with Gasteiger partial charge in [-0.2, -0.15) is 13.2 Å². The Bertz CT molecular complexity index is 1020. The van der Waals surface area contributed by atoms with Crippen LogP contribution < -0.4 is 14.9 Å². The van der Waals surface area contributed by atoms with Crippen LogP contribution in [0.25, 0.3) is 11.1 Å². The maximum Gasteiger partial charge on any atom is 0.416 e. The lowest BCUT2D eigenvalue weighted by Gasteiger charge is -2.10. The number of hydrogen-bond donors (Lipinski definition) is 1. The van der Waals surface area contributed by atoms with Crippen LogP contribution in [-0.2, 0) is 12.7 Å². The van der Waals surface area contributed by atoms with Crippen LogP contribution in [0.15, 0.2) is 66.9 Å². The molecule has 0 spiro atoms. The van der Waals surface area contributed by atoms with Gasteiger partial charge in [-0.1, -0.05) is 18.2 Å². The summed E-state index contributed by atoms with van der Waals surface area (Å²) in [6, 6.07) is 13.5. The van der Waals surface area contributed by atoms with E-state index in [1.807, 2.05) is 0 Å². The predicted octanol–water partition coefficient (Wildman–Crippen LogP) is 3.79. The molecular weight excluding hydrogens is 388 g/mol. The Morgan fingerprint density at radius 2 is 1.72 bits per heavy atom. The molecule has 3 rings (SSSR count). The highest BCUT2D eigenvalue weighted by Crippen LogP contribution is 2.31. The summed E-state index contributed by atoms with van der Waals surface area (Å²) < 4.78 is 53.8. The Labute approximate surface area is 164 Å². The minimum absolute atomic E-state index is 0.0947. The number of carbonyl (C=O) groups excluding carboxylic acids is 1. The Balaban J connectivity index is 1.80. The molecule has 0 aliphatic rings. The van der Waals surface area contributed by atoms with E-state index >= 15 is 0 Å². The van der Waals surface area contributed by atoms with Crippen molar-refractivity contribution in [3.8, 4) is 11.1 Å². The molecule has 0 fully saturated rings. The molecular formula is C21H17F4N2O2+. The van der Waals surface area contributed by atoms with E-state index in [9.17, 15) is 22.4 Å². The molecule has 3 aromatic rings. The molecule has 1 aromatic heterocycles. The SMILES string of the molecule is CO[n+]1ccccc1CNC(=O)c1cc(-c2ccc(C(F)(F)F)cc2)ccc1F. The standard InChI is InChI=1S/C21H16F4N2O2/c1-29-27-11-3-2-4-17(27)13-26-20(28)18-12-15(7-10-19(18)22)14-5-8-16(9-6-14)21(23,24)25/h2-12H,13H2,1H3/p+1. The van der Waals surface area contributed by atoms with Gasteiger partial charge in [0.2, 0.25) is 6.20 Å². The summed E-state index contributed by atoms with van der Waals surface area (Å²) in [5.74, 6) is -1.38. The van der Waals surface area contributed by atoms with E-state index in [-0.39, 0.29) is 12.1 Å². The van der Waals surface area contributed by atoms with Crippen molar-refractivity contribution >= 4 is 5.91 Å². The first-order chi connectivity index (χ1) is 13.8. The van der Waals surface area contributed by atoms with E-state index in [1.165, 1.54) is 36.1 Å². The summed E-state index contributed by atoms with van der Waals surface area (Å²) in [6.45, 7) is 0.0947. The molecule has 2 aromatic carbocycles. The summed E-state index contributed by atoms with van der Waals surface area (Å²) >= 11 is 0. The van der Waals surface area contributed by atoms with Crippen LogP contribution in [0.1, 0.15) is 21.6 Å². The molecule has 29 heavy (non-hydrogen) atoms. The van der Waals surface area contributed by atoms with Gasteiger partial charge in [-0.3, -0.25) is 9.63 Å². The van der Waals surface area contributed by atoms with Gasteiger partial charge in [-0.25, -0.2) is 4.39 Å². The van der Waals surface area contributed by atoms with Gasteiger partial charge < -0.3 is 5.32 Å². The summed E-state index contributed by atoms with van der Waals surface area (Å²) in [6.07, 6.45) is -2.78.